The van der Waals surface area contributed by atoms with Crippen LogP contribution in [0.1, 0.15) is 12.8 Å². The molecule has 1 saturated heterocycles. The molecule has 0 bridgehead atoms. The molecule has 1 fully saturated rings. The van der Waals surface area contributed by atoms with Gasteiger partial charge in [-0.05, 0) is 0 Å². The van der Waals surface area contributed by atoms with Crippen LogP contribution in [-0.4, -0.2) is 43.8 Å². The highest BCUT2D eigenvalue weighted by molar-refractivity contribution is 5.83. The number of rotatable bonds is 4. The van der Waals surface area contributed by atoms with E-state index in [1.807, 2.05) is 0 Å². The van der Waals surface area contributed by atoms with Crippen LogP contribution < -0.4 is 0 Å². The highest BCUT2D eigenvalue weighted by atomic mass is 16.5. The summed E-state index contributed by atoms with van der Waals surface area (Å²) in [5, 5.41) is 0. The lowest BCUT2D eigenvalue weighted by atomic mass is 10.1. The van der Waals surface area contributed by atoms with Gasteiger partial charge in [-0.2, -0.15) is 0 Å². The molecule has 0 aliphatic carbocycles. The summed E-state index contributed by atoms with van der Waals surface area (Å²) in [4.78, 5) is 23.3. The van der Waals surface area contributed by atoms with Gasteiger partial charge in [0.1, 0.15) is 6.23 Å². The molecule has 5 heteroatoms. The van der Waals surface area contributed by atoms with Crippen LogP contribution in [0.2, 0.25) is 0 Å². The highest BCUT2D eigenvalue weighted by Crippen LogP contribution is 2.19. The monoisotopic (exact) mass is 187 g/mol. The Bertz CT molecular complexity index is 216. The van der Waals surface area contributed by atoms with E-state index in [9.17, 15) is 9.59 Å². The molecule has 13 heavy (non-hydrogen) atoms. The van der Waals surface area contributed by atoms with Crippen LogP contribution in [0.4, 0.5) is 0 Å². The van der Waals surface area contributed by atoms with Crippen LogP contribution in [0.15, 0.2) is 0 Å². The molecule has 0 N–H and O–H groups in total. The van der Waals surface area contributed by atoms with E-state index < -0.39 is 0 Å². The van der Waals surface area contributed by atoms with Crippen molar-refractivity contribution < 1.29 is 19.1 Å². The van der Waals surface area contributed by atoms with Crippen LogP contribution in [-0.2, 0) is 19.1 Å². The highest BCUT2D eigenvalue weighted by Gasteiger charge is 2.35. The number of likely N-dealkylation sites (tertiary alicyclic amines) is 1. The van der Waals surface area contributed by atoms with Gasteiger partial charge in [0.25, 0.3) is 0 Å². The number of nitrogens with zero attached hydrogens (tertiary/aromatic N) is 1. The summed E-state index contributed by atoms with van der Waals surface area (Å²) >= 11 is 0. The lowest BCUT2D eigenvalue weighted by Gasteiger charge is -2.38. The van der Waals surface area contributed by atoms with E-state index >= 15 is 0 Å². The zero-order valence-electron chi connectivity index (χ0n) is 7.78. The molecule has 1 atom stereocenters. The summed E-state index contributed by atoms with van der Waals surface area (Å²) in [5.74, 6) is -0.287. The number of β-lactam (4-membered cyclic amide) rings is 1. The SMILES string of the molecule is COC(=O)CCN1C(=O)CC1OC. The van der Waals surface area contributed by atoms with Crippen LogP contribution in [0.25, 0.3) is 0 Å². The molecule has 1 aliphatic heterocycles. The average molecular weight is 187 g/mol. The summed E-state index contributed by atoms with van der Waals surface area (Å²) in [7, 11) is 2.87. The predicted molar refractivity (Wildman–Crippen MR) is 43.8 cm³/mol. The Morgan fingerprint density at radius 3 is 2.77 bits per heavy atom. The van der Waals surface area contributed by atoms with Crippen molar-refractivity contribution >= 4 is 11.9 Å². The third-order valence-corrected chi connectivity index (χ3v) is 2.07. The minimum absolute atomic E-state index is 0.0238. The first-order valence-corrected chi connectivity index (χ1v) is 4.08. The maximum absolute atomic E-state index is 11.0. The fourth-order valence-electron chi connectivity index (χ4n) is 1.22. The fourth-order valence-corrected chi connectivity index (χ4v) is 1.22. The molecule has 1 rings (SSSR count). The van der Waals surface area contributed by atoms with Gasteiger partial charge in [-0.15, -0.1) is 0 Å². The van der Waals surface area contributed by atoms with E-state index in [2.05, 4.69) is 4.74 Å². The molecule has 0 aromatic carbocycles. The number of carbonyl (C=O) groups is 2. The minimum atomic E-state index is -0.311. The van der Waals surface area contributed by atoms with Crippen molar-refractivity contribution in [2.75, 3.05) is 20.8 Å². The Morgan fingerprint density at radius 1 is 1.62 bits per heavy atom. The maximum Gasteiger partial charge on any atom is 0.307 e. The lowest BCUT2D eigenvalue weighted by Crippen LogP contribution is -2.54. The zero-order chi connectivity index (χ0) is 9.84. The topological polar surface area (TPSA) is 55.8 Å². The van der Waals surface area contributed by atoms with Crippen LogP contribution in [0.3, 0.4) is 0 Å². The van der Waals surface area contributed by atoms with Gasteiger partial charge in [-0.3, -0.25) is 9.59 Å². The van der Waals surface area contributed by atoms with Crippen molar-refractivity contribution in [3.63, 3.8) is 0 Å². The second kappa shape index (κ2) is 4.23. The smallest absolute Gasteiger partial charge is 0.307 e. The van der Waals surface area contributed by atoms with Crippen molar-refractivity contribution in [3.05, 3.63) is 0 Å². The van der Waals surface area contributed by atoms with Crippen LogP contribution in [0.5, 0.6) is 0 Å². The van der Waals surface area contributed by atoms with E-state index in [1.165, 1.54) is 12.0 Å². The van der Waals surface area contributed by atoms with Crippen molar-refractivity contribution in [2.45, 2.75) is 19.1 Å². The van der Waals surface area contributed by atoms with Gasteiger partial charge < -0.3 is 14.4 Å². The maximum atomic E-state index is 11.0. The van der Waals surface area contributed by atoms with E-state index in [0.29, 0.717) is 13.0 Å². The van der Waals surface area contributed by atoms with Crippen molar-refractivity contribution in [1.29, 1.82) is 0 Å². The number of amides is 1. The molecule has 1 heterocycles. The van der Waals surface area contributed by atoms with E-state index in [4.69, 9.17) is 4.74 Å². The first-order chi connectivity index (χ1) is 6.19. The van der Waals surface area contributed by atoms with Crippen molar-refractivity contribution in [1.82, 2.24) is 4.90 Å². The Morgan fingerprint density at radius 2 is 2.31 bits per heavy atom. The number of ether oxygens (including phenoxy) is 2. The second-order valence-corrected chi connectivity index (χ2v) is 2.81. The Labute approximate surface area is 76.6 Å². The molecule has 0 saturated carbocycles. The average Bonchev–Trinajstić information content (AvgIpc) is 2.13. The van der Waals surface area contributed by atoms with Gasteiger partial charge in [0.2, 0.25) is 5.91 Å². The molecular formula is C8H13NO4. The Kier molecular flexibility index (Phi) is 3.25. The summed E-state index contributed by atoms with van der Waals surface area (Å²) in [6.07, 6.45) is 0.483. The molecule has 0 aromatic heterocycles. The van der Waals surface area contributed by atoms with Gasteiger partial charge in [0.05, 0.1) is 20.0 Å². The third kappa shape index (κ3) is 2.18. The normalized spacial score (nSPS) is 21.2. The number of methoxy groups -OCH3 is 2. The largest absolute Gasteiger partial charge is 0.469 e. The molecule has 1 amide bonds. The number of hydrogen-bond donors (Lipinski definition) is 0. The molecule has 74 valence electrons. The van der Waals surface area contributed by atoms with Gasteiger partial charge in [-0.1, -0.05) is 0 Å². The summed E-state index contributed by atoms with van der Waals surface area (Å²) in [5.41, 5.74) is 0. The van der Waals surface area contributed by atoms with E-state index in [0.717, 1.165) is 0 Å². The van der Waals surface area contributed by atoms with Crippen molar-refractivity contribution in [2.24, 2.45) is 0 Å². The molecule has 1 aliphatic rings. The number of carbonyl (C=O) groups excluding carboxylic acids is 2. The van der Waals surface area contributed by atoms with Crippen LogP contribution >= 0.6 is 0 Å². The van der Waals surface area contributed by atoms with Gasteiger partial charge in [0.15, 0.2) is 0 Å². The Balaban J connectivity index is 2.27. The summed E-state index contributed by atoms with van der Waals surface area (Å²) in [6.45, 7) is 0.379. The first kappa shape index (κ1) is 9.98. The molecule has 0 aromatic rings. The lowest BCUT2D eigenvalue weighted by molar-refractivity contribution is -0.170. The van der Waals surface area contributed by atoms with Gasteiger partial charge in [0, 0.05) is 13.7 Å². The zero-order valence-corrected chi connectivity index (χ0v) is 7.78. The van der Waals surface area contributed by atoms with E-state index in [-0.39, 0.29) is 24.5 Å². The standard InChI is InChI=1S/C8H13NO4/c1-12-7-5-6(10)9(7)4-3-8(11)13-2/h7H,3-5H2,1-2H3. The summed E-state index contributed by atoms with van der Waals surface area (Å²) < 4.78 is 9.44. The minimum Gasteiger partial charge on any atom is -0.469 e. The van der Waals surface area contributed by atoms with Gasteiger partial charge in [-0.25, -0.2) is 0 Å². The third-order valence-electron chi connectivity index (χ3n) is 2.07. The quantitative estimate of drug-likeness (QED) is 0.450. The number of hydrogen-bond acceptors (Lipinski definition) is 4. The fraction of sp³-hybridized carbons (Fsp3) is 0.750. The van der Waals surface area contributed by atoms with Crippen molar-refractivity contribution in [3.8, 4) is 0 Å². The van der Waals surface area contributed by atoms with Crippen LogP contribution in [0, 0.1) is 0 Å². The Hall–Kier alpha value is -1.10. The molecule has 0 spiro atoms. The number of esters is 1. The predicted octanol–water partition coefficient (Wildman–Crippen LogP) is -0.246. The van der Waals surface area contributed by atoms with Gasteiger partial charge >= 0.3 is 5.97 Å². The second-order valence-electron chi connectivity index (χ2n) is 2.81. The molecule has 1 unspecified atom stereocenters. The molecule has 0 radical (unpaired) electrons. The summed E-state index contributed by atoms with van der Waals surface area (Å²) in [6, 6.07) is 0. The van der Waals surface area contributed by atoms with E-state index in [1.54, 1.807) is 7.11 Å². The molecular weight excluding hydrogens is 174 g/mol. The first-order valence-electron chi connectivity index (χ1n) is 4.08. The molecule has 5 nitrogen and oxygen atoms in total.